The quantitative estimate of drug-likeness (QED) is 0.511. The maximum Gasteiger partial charge on any atom is 0.0941 e. The van der Waals surface area contributed by atoms with Crippen molar-refractivity contribution in [1.29, 1.82) is 0 Å². The van der Waals surface area contributed by atoms with Crippen molar-refractivity contribution < 1.29 is 0 Å². The molecule has 0 fully saturated rings. The van der Waals surface area contributed by atoms with E-state index in [-0.39, 0.29) is 5.38 Å². The molecule has 20 heavy (non-hydrogen) atoms. The predicted molar refractivity (Wildman–Crippen MR) is 93.7 cm³/mol. The van der Waals surface area contributed by atoms with E-state index in [9.17, 15) is 0 Å². The van der Waals surface area contributed by atoms with Crippen molar-refractivity contribution in [2.24, 2.45) is 0 Å². The lowest BCUT2D eigenvalue weighted by Gasteiger charge is -2.08. The number of thioether (sulfide) groups is 1. The highest BCUT2D eigenvalue weighted by Crippen LogP contribution is 2.42. The normalized spacial score (nSPS) is 16.2. The summed E-state index contributed by atoms with van der Waals surface area (Å²) in [6, 6.07) is 10.9. The summed E-state index contributed by atoms with van der Waals surface area (Å²) in [6.07, 6.45) is 1.21. The second kappa shape index (κ2) is 5.38. The summed E-state index contributed by atoms with van der Waals surface area (Å²) in [5.41, 5.74) is 2.77. The smallest absolute Gasteiger partial charge is 0.0941 e. The Hall–Kier alpha value is -0.480. The highest BCUT2D eigenvalue weighted by molar-refractivity contribution is 7.98. The first-order valence-electron chi connectivity index (χ1n) is 6.62. The van der Waals surface area contributed by atoms with E-state index in [1.807, 2.05) is 23.1 Å². The fourth-order valence-corrected chi connectivity index (χ4v) is 6.46. The second-order valence-electron chi connectivity index (χ2n) is 4.95. The summed E-state index contributed by atoms with van der Waals surface area (Å²) in [5, 5.41) is 3.51. The molecular formula is C16H13ClS3. The molecule has 0 saturated carbocycles. The van der Waals surface area contributed by atoms with Crippen molar-refractivity contribution in [3.63, 3.8) is 0 Å². The number of rotatable bonds is 2. The fourth-order valence-electron chi connectivity index (χ4n) is 2.64. The van der Waals surface area contributed by atoms with Crippen LogP contribution < -0.4 is 0 Å². The average Bonchev–Trinajstić information content (AvgIpc) is 3.10. The first-order chi connectivity index (χ1) is 9.83. The Morgan fingerprint density at radius 1 is 1.20 bits per heavy atom. The largest absolute Gasteiger partial charge is 0.157 e. The van der Waals surface area contributed by atoms with Crippen LogP contribution in [-0.4, -0.2) is 5.75 Å². The minimum Gasteiger partial charge on any atom is -0.157 e. The van der Waals surface area contributed by atoms with E-state index < -0.39 is 0 Å². The van der Waals surface area contributed by atoms with E-state index in [4.69, 9.17) is 11.6 Å². The lowest BCUT2D eigenvalue weighted by molar-refractivity contribution is 1.13. The van der Waals surface area contributed by atoms with Gasteiger partial charge in [0.25, 0.3) is 0 Å². The SMILES string of the molecule is ClC(c1cc2c(s1)CCSC2)c1csc2ccccc12. The maximum atomic E-state index is 6.78. The lowest BCUT2D eigenvalue weighted by Crippen LogP contribution is -1.96. The van der Waals surface area contributed by atoms with Gasteiger partial charge in [-0.25, -0.2) is 0 Å². The Labute approximate surface area is 135 Å². The number of halogens is 1. The molecule has 102 valence electrons. The summed E-state index contributed by atoms with van der Waals surface area (Å²) in [6.45, 7) is 0. The highest BCUT2D eigenvalue weighted by atomic mass is 35.5. The van der Waals surface area contributed by atoms with Crippen LogP contribution in [-0.2, 0) is 12.2 Å². The Balaban J connectivity index is 1.76. The molecule has 0 saturated heterocycles. The van der Waals surface area contributed by atoms with Crippen LogP contribution in [0.3, 0.4) is 0 Å². The average molecular weight is 337 g/mol. The molecule has 0 bridgehead atoms. The number of thiophene rings is 2. The summed E-state index contributed by atoms with van der Waals surface area (Å²) in [5.74, 6) is 2.40. The molecule has 1 aliphatic heterocycles. The lowest BCUT2D eigenvalue weighted by atomic mass is 10.1. The van der Waals surface area contributed by atoms with Crippen molar-refractivity contribution in [2.75, 3.05) is 5.75 Å². The van der Waals surface area contributed by atoms with Gasteiger partial charge in [-0.15, -0.1) is 34.3 Å². The summed E-state index contributed by atoms with van der Waals surface area (Å²) in [4.78, 5) is 2.85. The minimum absolute atomic E-state index is 0.00764. The Bertz CT molecular complexity index is 733. The van der Waals surface area contributed by atoms with Gasteiger partial charge in [-0.1, -0.05) is 18.2 Å². The molecule has 3 aromatic rings. The van der Waals surface area contributed by atoms with Crippen molar-refractivity contribution in [3.8, 4) is 0 Å². The van der Waals surface area contributed by atoms with Crippen molar-refractivity contribution in [1.82, 2.24) is 0 Å². The van der Waals surface area contributed by atoms with Crippen LogP contribution >= 0.6 is 46.0 Å². The van der Waals surface area contributed by atoms with Crippen LogP contribution in [0.5, 0.6) is 0 Å². The minimum atomic E-state index is -0.00764. The zero-order chi connectivity index (χ0) is 13.5. The molecule has 1 atom stereocenters. The zero-order valence-electron chi connectivity index (χ0n) is 10.8. The second-order valence-corrected chi connectivity index (χ2v) is 8.57. The first kappa shape index (κ1) is 13.2. The first-order valence-corrected chi connectivity index (χ1v) is 9.91. The van der Waals surface area contributed by atoms with Gasteiger partial charge in [0, 0.05) is 20.2 Å². The van der Waals surface area contributed by atoms with Gasteiger partial charge in [0.1, 0.15) is 0 Å². The van der Waals surface area contributed by atoms with Gasteiger partial charge in [0.15, 0.2) is 0 Å². The van der Waals surface area contributed by atoms with Crippen molar-refractivity contribution >= 4 is 56.1 Å². The summed E-state index contributed by atoms with van der Waals surface area (Å²) < 4.78 is 1.32. The molecule has 1 unspecified atom stereocenters. The van der Waals surface area contributed by atoms with Crippen LogP contribution in [0.1, 0.15) is 26.3 Å². The molecule has 0 amide bonds. The molecule has 0 radical (unpaired) electrons. The van der Waals surface area contributed by atoms with E-state index >= 15 is 0 Å². The third-order valence-corrected chi connectivity index (χ3v) is 7.57. The summed E-state index contributed by atoms with van der Waals surface area (Å²) in [7, 11) is 0. The third kappa shape index (κ3) is 2.21. The molecule has 0 aliphatic carbocycles. The van der Waals surface area contributed by atoms with Gasteiger partial charge in [-0.2, -0.15) is 11.8 Å². The molecule has 4 rings (SSSR count). The van der Waals surface area contributed by atoms with Crippen LogP contribution in [0.2, 0.25) is 0 Å². The molecule has 0 nitrogen and oxygen atoms in total. The van der Waals surface area contributed by atoms with E-state index in [0.717, 1.165) is 5.75 Å². The van der Waals surface area contributed by atoms with Crippen LogP contribution in [0.25, 0.3) is 10.1 Å². The van der Waals surface area contributed by atoms with Gasteiger partial charge < -0.3 is 0 Å². The van der Waals surface area contributed by atoms with Gasteiger partial charge in [-0.3, -0.25) is 0 Å². The Kier molecular flexibility index (Phi) is 3.55. The van der Waals surface area contributed by atoms with Crippen LogP contribution in [0.4, 0.5) is 0 Å². The number of benzene rings is 1. The molecule has 0 spiro atoms. The predicted octanol–water partition coefficient (Wildman–Crippen LogP) is 6.08. The molecule has 3 heterocycles. The molecular weight excluding hydrogens is 324 g/mol. The monoisotopic (exact) mass is 336 g/mol. The van der Waals surface area contributed by atoms with Crippen LogP contribution in [0, 0.1) is 0 Å². The van der Waals surface area contributed by atoms with Gasteiger partial charge in [0.2, 0.25) is 0 Å². The van der Waals surface area contributed by atoms with Gasteiger partial charge >= 0.3 is 0 Å². The number of alkyl halides is 1. The number of hydrogen-bond donors (Lipinski definition) is 0. The number of fused-ring (bicyclic) bond motifs is 2. The van der Waals surface area contributed by atoms with Crippen LogP contribution in [0.15, 0.2) is 35.7 Å². The molecule has 1 aliphatic rings. The zero-order valence-corrected chi connectivity index (χ0v) is 14.0. The van der Waals surface area contributed by atoms with E-state index in [0.29, 0.717) is 0 Å². The summed E-state index contributed by atoms with van der Waals surface area (Å²) >= 11 is 12.5. The van der Waals surface area contributed by atoms with Crippen molar-refractivity contribution in [3.05, 3.63) is 56.6 Å². The van der Waals surface area contributed by atoms with E-state index in [1.165, 1.54) is 38.3 Å². The van der Waals surface area contributed by atoms with Gasteiger partial charge in [-0.05, 0) is 46.2 Å². The fraction of sp³-hybridized carbons (Fsp3) is 0.250. The highest BCUT2D eigenvalue weighted by Gasteiger charge is 2.21. The Morgan fingerprint density at radius 2 is 2.10 bits per heavy atom. The van der Waals surface area contributed by atoms with E-state index in [1.54, 1.807) is 16.2 Å². The van der Waals surface area contributed by atoms with Gasteiger partial charge in [0.05, 0.1) is 5.38 Å². The molecule has 1 aromatic carbocycles. The number of hydrogen-bond acceptors (Lipinski definition) is 3. The Morgan fingerprint density at radius 3 is 3.00 bits per heavy atom. The molecule has 0 N–H and O–H groups in total. The third-order valence-electron chi connectivity index (χ3n) is 3.68. The molecule has 2 aromatic heterocycles. The maximum absolute atomic E-state index is 6.78. The topological polar surface area (TPSA) is 0 Å². The standard InChI is InChI=1S/C16H13ClS3/c17-16(12-9-19-14-4-2-1-3-11(12)14)15-7-10-8-18-6-5-13(10)20-15/h1-4,7,9,16H,5-6,8H2. The van der Waals surface area contributed by atoms with Crippen molar-refractivity contribution in [2.45, 2.75) is 17.6 Å². The molecule has 4 heteroatoms. The number of aryl methyl sites for hydroxylation is 1. The van der Waals surface area contributed by atoms with E-state index in [2.05, 4.69) is 35.7 Å².